The van der Waals surface area contributed by atoms with E-state index in [1.54, 1.807) is 29.7 Å². The summed E-state index contributed by atoms with van der Waals surface area (Å²) in [6, 6.07) is 8.81. The molecule has 0 unspecified atom stereocenters. The molecule has 0 N–H and O–H groups in total. The van der Waals surface area contributed by atoms with Crippen molar-refractivity contribution in [3.05, 3.63) is 69.3 Å². The van der Waals surface area contributed by atoms with Crippen molar-refractivity contribution in [2.75, 3.05) is 0 Å². The van der Waals surface area contributed by atoms with Crippen LogP contribution in [0.2, 0.25) is 0 Å². The average molecular weight is 395 g/mol. The normalized spacial score (nSPS) is 11.1. The number of aromatic nitrogens is 3. The van der Waals surface area contributed by atoms with Crippen molar-refractivity contribution in [1.82, 2.24) is 14.5 Å². The zero-order chi connectivity index (χ0) is 19.7. The first-order valence-electron chi connectivity index (χ1n) is 8.73. The van der Waals surface area contributed by atoms with Crippen LogP contribution in [0.4, 0.5) is 0 Å². The molecule has 0 atom stereocenters. The first kappa shape index (κ1) is 18.1. The Bertz CT molecular complexity index is 1210. The molecule has 0 aliphatic heterocycles. The number of aryl methyl sites for hydroxylation is 2. The second kappa shape index (κ2) is 7.40. The molecule has 0 radical (unpaired) electrons. The van der Waals surface area contributed by atoms with Crippen LogP contribution in [0.15, 0.2) is 51.2 Å². The number of ether oxygens (including phenoxy) is 1. The van der Waals surface area contributed by atoms with E-state index >= 15 is 0 Å². The fourth-order valence-electron chi connectivity index (χ4n) is 2.92. The first-order chi connectivity index (χ1) is 13.6. The van der Waals surface area contributed by atoms with Gasteiger partial charge in [0.05, 0.1) is 21.5 Å². The zero-order valence-corrected chi connectivity index (χ0v) is 16.2. The second-order valence-electron chi connectivity index (χ2n) is 6.15. The maximum absolute atomic E-state index is 12.4. The summed E-state index contributed by atoms with van der Waals surface area (Å²) in [6.45, 7) is 4.09. The summed E-state index contributed by atoms with van der Waals surface area (Å²) >= 11 is 1.52. The molecular weight excluding hydrogens is 378 g/mol. The summed E-state index contributed by atoms with van der Waals surface area (Å²) in [5.74, 6) is 0.0141. The van der Waals surface area contributed by atoms with E-state index in [2.05, 4.69) is 9.97 Å². The molecule has 0 saturated carbocycles. The van der Waals surface area contributed by atoms with Crippen molar-refractivity contribution in [3.8, 4) is 10.8 Å². The van der Waals surface area contributed by atoms with E-state index in [9.17, 15) is 9.59 Å². The fraction of sp³-hybridized carbons (Fsp3) is 0.200. The Hall–Kier alpha value is -3.26. The highest BCUT2D eigenvalue weighted by Gasteiger charge is 2.14. The van der Waals surface area contributed by atoms with Crippen LogP contribution >= 0.6 is 11.3 Å². The number of hydrogen-bond donors (Lipinski definition) is 0. The van der Waals surface area contributed by atoms with E-state index in [-0.39, 0.29) is 12.2 Å². The number of thiophene rings is 1. The van der Waals surface area contributed by atoms with E-state index in [1.807, 2.05) is 24.4 Å². The van der Waals surface area contributed by atoms with Crippen molar-refractivity contribution < 1.29 is 13.9 Å². The molecule has 3 aromatic heterocycles. The summed E-state index contributed by atoms with van der Waals surface area (Å²) < 4.78 is 12.4. The highest BCUT2D eigenvalue weighted by molar-refractivity contribution is 7.13. The summed E-state index contributed by atoms with van der Waals surface area (Å²) in [5, 5.41) is 1.94. The van der Waals surface area contributed by atoms with Gasteiger partial charge in [0.25, 0.3) is 5.56 Å². The third-order valence-corrected chi connectivity index (χ3v) is 5.15. The predicted octanol–water partition coefficient (Wildman–Crippen LogP) is 3.80. The Labute approximate surface area is 164 Å². The van der Waals surface area contributed by atoms with Gasteiger partial charge in [-0.3, -0.25) is 4.79 Å². The van der Waals surface area contributed by atoms with E-state index in [4.69, 9.17) is 9.15 Å². The van der Waals surface area contributed by atoms with Crippen LogP contribution in [0.5, 0.6) is 0 Å². The average Bonchev–Trinajstić information content (AvgIpc) is 3.38. The SMILES string of the molecule is CCn1c(=O)c(C)nc2cc(C(=O)OCc3coc(-c4cccs4)n3)ccc21. The number of fused-ring (bicyclic) bond motifs is 1. The van der Waals surface area contributed by atoms with Gasteiger partial charge in [-0.15, -0.1) is 11.3 Å². The maximum atomic E-state index is 12.4. The van der Waals surface area contributed by atoms with Crippen molar-refractivity contribution in [1.29, 1.82) is 0 Å². The molecule has 1 aromatic carbocycles. The topological polar surface area (TPSA) is 87.2 Å². The Kier molecular flexibility index (Phi) is 4.79. The smallest absolute Gasteiger partial charge is 0.338 e. The molecule has 4 rings (SSSR count). The number of nitrogens with zero attached hydrogens (tertiary/aromatic N) is 3. The largest absolute Gasteiger partial charge is 0.455 e. The van der Waals surface area contributed by atoms with Gasteiger partial charge in [0, 0.05) is 6.54 Å². The van der Waals surface area contributed by atoms with E-state index < -0.39 is 5.97 Å². The molecule has 0 aliphatic carbocycles. The summed E-state index contributed by atoms with van der Waals surface area (Å²) in [5.41, 5.74) is 2.43. The minimum Gasteiger partial charge on any atom is -0.455 e. The van der Waals surface area contributed by atoms with Crippen molar-refractivity contribution >= 4 is 28.3 Å². The van der Waals surface area contributed by atoms with Crippen LogP contribution in [0.1, 0.15) is 28.7 Å². The van der Waals surface area contributed by atoms with Gasteiger partial charge in [-0.05, 0) is 43.5 Å². The summed E-state index contributed by atoms with van der Waals surface area (Å²) in [4.78, 5) is 34.2. The Morgan fingerprint density at radius 2 is 2.14 bits per heavy atom. The minimum absolute atomic E-state index is 0.00661. The molecule has 8 heteroatoms. The lowest BCUT2D eigenvalue weighted by Gasteiger charge is -2.10. The number of hydrogen-bond acceptors (Lipinski definition) is 7. The molecule has 28 heavy (non-hydrogen) atoms. The van der Waals surface area contributed by atoms with Crippen LogP contribution in [-0.4, -0.2) is 20.5 Å². The van der Waals surface area contributed by atoms with Crippen molar-refractivity contribution in [2.24, 2.45) is 0 Å². The van der Waals surface area contributed by atoms with E-state index in [1.165, 1.54) is 17.6 Å². The predicted molar refractivity (Wildman–Crippen MR) is 105 cm³/mol. The summed E-state index contributed by atoms with van der Waals surface area (Å²) in [6.07, 6.45) is 1.48. The molecule has 0 saturated heterocycles. The van der Waals surface area contributed by atoms with Gasteiger partial charge >= 0.3 is 5.97 Å². The lowest BCUT2D eigenvalue weighted by Crippen LogP contribution is -2.23. The van der Waals surface area contributed by atoms with E-state index in [0.717, 1.165) is 4.88 Å². The molecule has 0 amide bonds. The molecule has 0 fully saturated rings. The third kappa shape index (κ3) is 3.34. The first-order valence-corrected chi connectivity index (χ1v) is 9.61. The monoisotopic (exact) mass is 395 g/mol. The van der Waals surface area contributed by atoms with Gasteiger partial charge < -0.3 is 13.7 Å². The Morgan fingerprint density at radius 1 is 1.29 bits per heavy atom. The maximum Gasteiger partial charge on any atom is 0.338 e. The number of rotatable bonds is 5. The molecule has 0 bridgehead atoms. The van der Waals surface area contributed by atoms with Gasteiger partial charge in [-0.2, -0.15) is 0 Å². The number of esters is 1. The molecule has 0 spiro atoms. The third-order valence-electron chi connectivity index (χ3n) is 4.30. The molecule has 4 aromatic rings. The quantitative estimate of drug-likeness (QED) is 0.478. The standard InChI is InChI=1S/C20H17N3O4S/c1-3-23-16-7-6-13(9-15(16)21-12(2)19(23)24)20(25)27-11-14-10-26-18(22-14)17-5-4-8-28-17/h4-10H,3,11H2,1-2H3. The Morgan fingerprint density at radius 3 is 2.89 bits per heavy atom. The van der Waals surface area contributed by atoms with Crippen LogP contribution in [0, 0.1) is 6.92 Å². The molecule has 7 nitrogen and oxygen atoms in total. The number of carbonyl (C=O) groups excluding carboxylic acids is 1. The van der Waals surface area contributed by atoms with Crippen LogP contribution < -0.4 is 5.56 Å². The number of carbonyl (C=O) groups is 1. The highest BCUT2D eigenvalue weighted by Crippen LogP contribution is 2.24. The van der Waals surface area contributed by atoms with Gasteiger partial charge in [0.1, 0.15) is 24.3 Å². The van der Waals surface area contributed by atoms with Crippen LogP contribution in [-0.2, 0) is 17.9 Å². The minimum atomic E-state index is -0.490. The van der Waals surface area contributed by atoms with E-state index in [0.29, 0.717) is 40.4 Å². The Balaban J connectivity index is 1.53. The molecule has 142 valence electrons. The molecule has 3 heterocycles. The lowest BCUT2D eigenvalue weighted by atomic mass is 10.2. The highest BCUT2D eigenvalue weighted by atomic mass is 32.1. The zero-order valence-electron chi connectivity index (χ0n) is 15.3. The van der Waals surface area contributed by atoms with Crippen molar-refractivity contribution in [3.63, 3.8) is 0 Å². The van der Waals surface area contributed by atoms with Crippen LogP contribution in [0.25, 0.3) is 21.8 Å². The molecular formula is C20H17N3O4S. The van der Waals surface area contributed by atoms with Gasteiger partial charge in [-0.1, -0.05) is 6.07 Å². The van der Waals surface area contributed by atoms with Crippen molar-refractivity contribution in [2.45, 2.75) is 27.0 Å². The lowest BCUT2D eigenvalue weighted by molar-refractivity contribution is 0.0468. The van der Waals surface area contributed by atoms with Gasteiger partial charge in [-0.25, -0.2) is 14.8 Å². The number of oxazole rings is 1. The van der Waals surface area contributed by atoms with Gasteiger partial charge in [0.15, 0.2) is 0 Å². The fourth-order valence-corrected chi connectivity index (χ4v) is 3.58. The van der Waals surface area contributed by atoms with Crippen LogP contribution in [0.3, 0.4) is 0 Å². The second-order valence-corrected chi connectivity index (χ2v) is 7.10. The number of benzene rings is 1. The summed E-state index contributed by atoms with van der Waals surface area (Å²) in [7, 11) is 0. The molecule has 0 aliphatic rings. The van der Waals surface area contributed by atoms with Gasteiger partial charge in [0.2, 0.25) is 5.89 Å².